The third-order valence-electron chi connectivity index (χ3n) is 4.97. The van der Waals surface area contributed by atoms with Crippen LogP contribution in [0.2, 0.25) is 0 Å². The van der Waals surface area contributed by atoms with Crippen molar-refractivity contribution in [2.45, 2.75) is 28.0 Å². The quantitative estimate of drug-likeness (QED) is 0.725. The second-order valence-electron chi connectivity index (χ2n) is 6.73. The molecule has 2 aliphatic rings. The second kappa shape index (κ2) is 8.70. The van der Waals surface area contributed by atoms with Crippen molar-refractivity contribution in [3.8, 4) is 0 Å². The first kappa shape index (κ1) is 18.2. The van der Waals surface area contributed by atoms with Crippen molar-refractivity contribution in [1.29, 1.82) is 0 Å². The molecule has 0 spiro atoms. The molecule has 0 amide bonds. The van der Waals surface area contributed by atoms with Crippen LogP contribution in [0.15, 0.2) is 57.2 Å². The zero-order valence-corrected chi connectivity index (χ0v) is 17.0. The maximum absolute atomic E-state index is 3.44. The summed E-state index contributed by atoms with van der Waals surface area (Å²) in [7, 11) is 0. The lowest BCUT2D eigenvalue weighted by atomic mass is 10.2. The summed E-state index contributed by atoms with van der Waals surface area (Å²) in [6.45, 7) is 9.11. The molecule has 138 valence electrons. The Morgan fingerprint density at radius 3 is 2.65 bits per heavy atom. The molecule has 1 N–H and O–H groups in total. The maximum atomic E-state index is 3.44. The van der Waals surface area contributed by atoms with Crippen LogP contribution in [0.3, 0.4) is 0 Å². The minimum atomic E-state index is 1.08. The summed E-state index contributed by atoms with van der Waals surface area (Å²) in [6.07, 6.45) is 1.20. The van der Waals surface area contributed by atoms with Gasteiger partial charge in [0, 0.05) is 47.4 Å². The van der Waals surface area contributed by atoms with Crippen LogP contribution in [0.1, 0.15) is 13.3 Å². The fourth-order valence-electron chi connectivity index (χ4n) is 3.69. The van der Waals surface area contributed by atoms with E-state index in [2.05, 4.69) is 64.5 Å². The van der Waals surface area contributed by atoms with Gasteiger partial charge in [-0.1, -0.05) is 30.8 Å². The molecule has 0 aromatic heterocycles. The van der Waals surface area contributed by atoms with Gasteiger partial charge in [0.2, 0.25) is 0 Å². The lowest BCUT2D eigenvalue weighted by molar-refractivity contribution is 0.239. The average Bonchev–Trinajstić information content (AvgIpc) is 2.69. The highest BCUT2D eigenvalue weighted by Gasteiger charge is 2.23. The molecule has 4 rings (SSSR count). The summed E-state index contributed by atoms with van der Waals surface area (Å²) in [5.41, 5.74) is 2.75. The predicted octanol–water partition coefficient (Wildman–Crippen LogP) is 4.70. The Balaban J connectivity index is 1.54. The van der Waals surface area contributed by atoms with Crippen LogP contribution in [0, 0.1) is 0 Å². The molecular weight excluding hydrogens is 358 g/mol. The largest absolute Gasteiger partial charge is 0.340 e. The minimum Gasteiger partial charge on any atom is -0.340 e. The Morgan fingerprint density at radius 1 is 1.00 bits per heavy atom. The van der Waals surface area contributed by atoms with E-state index in [4.69, 9.17) is 0 Å². The summed E-state index contributed by atoms with van der Waals surface area (Å²) in [6, 6.07) is 15.8. The number of hydrogen-bond acceptors (Lipinski definition) is 5. The first-order valence-electron chi connectivity index (χ1n) is 9.59. The number of benzene rings is 2. The standard InChI is InChI=1S/C21H27N3S2/c1-2-25-17-8-9-21-19(16-17)24(18-6-3-4-7-20(18)26-21)13-5-12-23-14-10-22-11-15-23/h3-4,6-9,16,22H,2,5,10-15H2,1H3. The van der Waals surface area contributed by atoms with Gasteiger partial charge >= 0.3 is 0 Å². The lowest BCUT2D eigenvalue weighted by Gasteiger charge is -2.34. The molecule has 1 saturated heterocycles. The number of anilines is 2. The molecule has 2 aliphatic heterocycles. The van der Waals surface area contributed by atoms with Gasteiger partial charge in [0.05, 0.1) is 11.4 Å². The van der Waals surface area contributed by atoms with Crippen LogP contribution in [-0.2, 0) is 0 Å². The van der Waals surface area contributed by atoms with Crippen molar-refractivity contribution in [2.24, 2.45) is 0 Å². The normalized spacial score (nSPS) is 17.0. The van der Waals surface area contributed by atoms with Gasteiger partial charge in [-0.2, -0.15) is 0 Å². The molecule has 5 heteroatoms. The molecule has 3 nitrogen and oxygen atoms in total. The van der Waals surface area contributed by atoms with Crippen molar-refractivity contribution in [3.63, 3.8) is 0 Å². The molecular formula is C21H27N3S2. The Hall–Kier alpha value is -1.14. The van der Waals surface area contributed by atoms with Crippen molar-refractivity contribution in [3.05, 3.63) is 42.5 Å². The molecule has 0 bridgehead atoms. The molecule has 26 heavy (non-hydrogen) atoms. The molecule has 0 atom stereocenters. The number of hydrogen-bond donors (Lipinski definition) is 1. The third-order valence-corrected chi connectivity index (χ3v) is 6.98. The van der Waals surface area contributed by atoms with Gasteiger partial charge in [-0.05, 0) is 49.1 Å². The summed E-state index contributed by atoms with van der Waals surface area (Å²) < 4.78 is 0. The number of rotatable bonds is 6. The fraction of sp³-hybridized carbons (Fsp3) is 0.429. The van der Waals surface area contributed by atoms with Gasteiger partial charge in [-0.25, -0.2) is 0 Å². The first-order valence-corrected chi connectivity index (χ1v) is 11.4. The third kappa shape index (κ3) is 4.06. The van der Waals surface area contributed by atoms with E-state index >= 15 is 0 Å². The van der Waals surface area contributed by atoms with Gasteiger partial charge in [0.25, 0.3) is 0 Å². The zero-order valence-electron chi connectivity index (χ0n) is 15.4. The highest BCUT2D eigenvalue weighted by atomic mass is 32.2. The Morgan fingerprint density at radius 2 is 1.81 bits per heavy atom. The Bertz CT molecular complexity index is 744. The minimum absolute atomic E-state index is 1.08. The highest BCUT2D eigenvalue weighted by molar-refractivity contribution is 8.00. The molecule has 0 saturated carbocycles. The van der Waals surface area contributed by atoms with E-state index in [1.54, 1.807) is 0 Å². The zero-order chi connectivity index (χ0) is 17.8. The van der Waals surface area contributed by atoms with E-state index in [0.717, 1.165) is 25.4 Å². The Labute approximate surface area is 165 Å². The van der Waals surface area contributed by atoms with E-state index in [-0.39, 0.29) is 0 Å². The lowest BCUT2D eigenvalue weighted by Crippen LogP contribution is -2.44. The van der Waals surface area contributed by atoms with E-state index in [0.29, 0.717) is 0 Å². The van der Waals surface area contributed by atoms with Crippen LogP contribution in [0.25, 0.3) is 0 Å². The summed E-state index contributed by atoms with van der Waals surface area (Å²) in [5, 5.41) is 3.44. The highest BCUT2D eigenvalue weighted by Crippen LogP contribution is 2.48. The van der Waals surface area contributed by atoms with Crippen LogP contribution in [-0.4, -0.2) is 49.9 Å². The molecule has 0 radical (unpaired) electrons. The number of piperazine rings is 1. The molecule has 2 heterocycles. The molecule has 0 unspecified atom stereocenters. The maximum Gasteiger partial charge on any atom is 0.0564 e. The second-order valence-corrected chi connectivity index (χ2v) is 9.15. The fourth-order valence-corrected chi connectivity index (χ4v) is 5.46. The first-order chi connectivity index (χ1) is 12.8. The molecule has 0 aliphatic carbocycles. The summed E-state index contributed by atoms with van der Waals surface area (Å²) in [4.78, 5) is 9.26. The molecule has 1 fully saturated rings. The monoisotopic (exact) mass is 385 g/mol. The smallest absolute Gasteiger partial charge is 0.0564 e. The summed E-state index contributed by atoms with van der Waals surface area (Å²) in [5.74, 6) is 1.12. The Kier molecular flexibility index (Phi) is 6.10. The van der Waals surface area contributed by atoms with Crippen molar-refractivity contribution in [2.75, 3.05) is 49.9 Å². The van der Waals surface area contributed by atoms with Crippen molar-refractivity contribution < 1.29 is 0 Å². The predicted molar refractivity (Wildman–Crippen MR) is 114 cm³/mol. The number of fused-ring (bicyclic) bond motifs is 2. The van der Waals surface area contributed by atoms with Gasteiger partial charge in [-0.15, -0.1) is 11.8 Å². The number of nitrogens with one attached hydrogen (secondary N) is 1. The summed E-state index contributed by atoms with van der Waals surface area (Å²) >= 11 is 3.83. The van der Waals surface area contributed by atoms with E-state index < -0.39 is 0 Å². The van der Waals surface area contributed by atoms with Crippen LogP contribution in [0.4, 0.5) is 11.4 Å². The van der Waals surface area contributed by atoms with Crippen molar-refractivity contribution >= 4 is 34.9 Å². The van der Waals surface area contributed by atoms with Gasteiger partial charge in [-0.3, -0.25) is 0 Å². The average molecular weight is 386 g/mol. The number of nitrogens with zero attached hydrogens (tertiary/aromatic N) is 2. The van der Waals surface area contributed by atoms with Crippen LogP contribution >= 0.6 is 23.5 Å². The SMILES string of the molecule is CCSc1ccc2c(c1)N(CCCN1CCNCC1)c1ccccc1S2. The molecule has 2 aromatic rings. The number of thioether (sulfide) groups is 1. The van der Waals surface area contributed by atoms with Gasteiger partial charge < -0.3 is 15.1 Å². The van der Waals surface area contributed by atoms with Gasteiger partial charge in [0.1, 0.15) is 0 Å². The van der Waals surface area contributed by atoms with E-state index in [1.165, 1.54) is 52.1 Å². The topological polar surface area (TPSA) is 18.5 Å². The van der Waals surface area contributed by atoms with Gasteiger partial charge in [0.15, 0.2) is 0 Å². The van der Waals surface area contributed by atoms with Crippen molar-refractivity contribution in [1.82, 2.24) is 10.2 Å². The van der Waals surface area contributed by atoms with Crippen LogP contribution < -0.4 is 10.2 Å². The van der Waals surface area contributed by atoms with E-state index in [1.807, 2.05) is 23.5 Å². The molecule has 2 aromatic carbocycles. The van der Waals surface area contributed by atoms with Crippen LogP contribution in [0.5, 0.6) is 0 Å². The van der Waals surface area contributed by atoms with E-state index in [9.17, 15) is 0 Å². The number of para-hydroxylation sites is 1.